The maximum atomic E-state index is 13.5. The average molecular weight is 597 g/mol. The molecule has 4 N–H and O–H groups in total. The Morgan fingerprint density at radius 1 is 0.537 bits per heavy atom. The highest BCUT2D eigenvalue weighted by atomic mass is 32.2. The van der Waals surface area contributed by atoms with Crippen LogP contribution in [-0.4, -0.2) is 65.0 Å². The molecule has 232 valence electrons. The van der Waals surface area contributed by atoms with Crippen LogP contribution in [0.15, 0.2) is 0 Å². The summed E-state index contributed by atoms with van der Waals surface area (Å²) in [5.74, 6) is -4.05. The third kappa shape index (κ3) is 7.62. The number of carboxylic acid groups (broad SMARTS) is 2. The molecule has 4 fully saturated rings. The maximum Gasteiger partial charge on any atom is 0.307 e. The zero-order valence-electron chi connectivity index (χ0n) is 24.4. The highest BCUT2D eigenvalue weighted by molar-refractivity contribution is 7.92. The fourth-order valence-corrected chi connectivity index (χ4v) is 10.3. The van der Waals surface area contributed by atoms with Crippen molar-refractivity contribution in [1.29, 1.82) is 0 Å². The van der Waals surface area contributed by atoms with E-state index >= 15 is 0 Å². The van der Waals surface area contributed by atoms with Gasteiger partial charge in [-0.2, -0.15) is 0 Å². The second-order valence-electron chi connectivity index (χ2n) is 13.5. The van der Waals surface area contributed by atoms with E-state index in [2.05, 4.69) is 10.6 Å². The molecule has 0 aromatic heterocycles. The van der Waals surface area contributed by atoms with Crippen LogP contribution >= 0.6 is 0 Å². The summed E-state index contributed by atoms with van der Waals surface area (Å²) in [7, 11) is -3.37. The zero-order valence-corrected chi connectivity index (χ0v) is 25.2. The quantitative estimate of drug-likeness (QED) is 0.330. The Morgan fingerprint density at radius 2 is 0.878 bits per heavy atom. The van der Waals surface area contributed by atoms with Crippen LogP contribution in [0, 0.1) is 35.5 Å². The van der Waals surface area contributed by atoms with E-state index in [9.17, 15) is 37.8 Å². The molecule has 11 heteroatoms. The van der Waals surface area contributed by atoms with Gasteiger partial charge in [0.15, 0.2) is 9.84 Å². The maximum absolute atomic E-state index is 13.5. The Bertz CT molecular complexity index is 1000. The highest BCUT2D eigenvalue weighted by Gasteiger charge is 2.43. The fourth-order valence-electron chi connectivity index (χ4n) is 7.89. The molecule has 0 spiro atoms. The minimum absolute atomic E-state index is 0.135. The van der Waals surface area contributed by atoms with Crippen molar-refractivity contribution < 1.29 is 37.8 Å². The van der Waals surface area contributed by atoms with E-state index in [-0.39, 0.29) is 23.9 Å². The lowest BCUT2D eigenvalue weighted by Crippen LogP contribution is -2.48. The van der Waals surface area contributed by atoms with Gasteiger partial charge >= 0.3 is 11.9 Å². The number of carbonyl (C=O) groups is 4. The molecular weight excluding hydrogens is 548 g/mol. The van der Waals surface area contributed by atoms with Crippen LogP contribution < -0.4 is 10.6 Å². The Morgan fingerprint density at radius 3 is 1.20 bits per heavy atom. The molecule has 0 aromatic carbocycles. The van der Waals surface area contributed by atoms with Gasteiger partial charge in [-0.3, -0.25) is 19.2 Å². The molecular formula is C30H48N2O8S. The summed E-state index contributed by atoms with van der Waals surface area (Å²) < 4.78 is 27.0. The van der Waals surface area contributed by atoms with E-state index < -0.39 is 55.9 Å². The Labute approximate surface area is 243 Å². The number of sulfone groups is 1. The van der Waals surface area contributed by atoms with Gasteiger partial charge in [-0.05, 0) is 102 Å². The largest absolute Gasteiger partial charge is 0.481 e. The van der Waals surface area contributed by atoms with Crippen LogP contribution in [-0.2, 0) is 29.0 Å². The molecule has 4 aliphatic rings. The number of hydrogen-bond acceptors (Lipinski definition) is 6. The van der Waals surface area contributed by atoms with Gasteiger partial charge < -0.3 is 20.8 Å². The number of carbonyl (C=O) groups excluding carboxylic acids is 2. The minimum Gasteiger partial charge on any atom is -0.481 e. The molecule has 10 nitrogen and oxygen atoms in total. The van der Waals surface area contributed by atoms with Crippen molar-refractivity contribution in [3.63, 3.8) is 0 Å². The lowest BCUT2D eigenvalue weighted by atomic mass is 9.74. The first-order valence-corrected chi connectivity index (χ1v) is 17.3. The predicted molar refractivity (Wildman–Crippen MR) is 153 cm³/mol. The van der Waals surface area contributed by atoms with Crippen LogP contribution in [0.1, 0.15) is 104 Å². The van der Waals surface area contributed by atoms with Crippen molar-refractivity contribution >= 4 is 33.6 Å². The van der Waals surface area contributed by atoms with Gasteiger partial charge in [0.2, 0.25) is 11.8 Å². The SMILES string of the molecule is CC1CCC(C(=O)O)C(C(=O)NC2CCC(S(=O)(=O)C3CCC(NC(=O)C4CC(C)CCC4C(=O)O)CC3)CC2)C1. The van der Waals surface area contributed by atoms with E-state index in [1.54, 1.807) is 0 Å². The number of aliphatic carboxylic acids is 2. The zero-order chi connectivity index (χ0) is 29.9. The topological polar surface area (TPSA) is 167 Å². The molecule has 6 atom stereocenters. The predicted octanol–water partition coefficient (Wildman–Crippen LogP) is 3.53. The summed E-state index contributed by atoms with van der Waals surface area (Å²) in [4.78, 5) is 49.3. The second-order valence-corrected chi connectivity index (χ2v) is 16.0. The molecule has 0 heterocycles. The summed E-state index contributed by atoms with van der Waals surface area (Å²) in [6, 6.07) is -0.271. The third-order valence-electron chi connectivity index (χ3n) is 10.5. The van der Waals surface area contributed by atoms with E-state index in [0.717, 1.165) is 12.8 Å². The first kappa shape index (κ1) is 31.8. The van der Waals surface area contributed by atoms with Gasteiger partial charge in [0.25, 0.3) is 0 Å². The van der Waals surface area contributed by atoms with E-state index in [4.69, 9.17) is 0 Å². The van der Waals surface area contributed by atoms with Crippen molar-refractivity contribution in [2.24, 2.45) is 35.5 Å². The average Bonchev–Trinajstić information content (AvgIpc) is 2.93. The summed E-state index contributed by atoms with van der Waals surface area (Å²) in [6.45, 7) is 4.09. The minimum atomic E-state index is -3.37. The number of nitrogens with one attached hydrogen (secondary N) is 2. The molecule has 0 aliphatic heterocycles. The van der Waals surface area contributed by atoms with Crippen molar-refractivity contribution in [2.45, 2.75) is 126 Å². The fraction of sp³-hybridized carbons (Fsp3) is 0.867. The molecule has 0 aromatic rings. The number of amides is 2. The monoisotopic (exact) mass is 596 g/mol. The van der Waals surface area contributed by atoms with Crippen molar-refractivity contribution in [3.8, 4) is 0 Å². The summed E-state index contributed by atoms with van der Waals surface area (Å²) >= 11 is 0. The normalized spacial score (nSPS) is 38.4. The smallest absolute Gasteiger partial charge is 0.307 e. The second kappa shape index (κ2) is 13.4. The first-order valence-electron chi connectivity index (χ1n) is 15.7. The van der Waals surface area contributed by atoms with Crippen LogP contribution in [0.4, 0.5) is 0 Å². The highest BCUT2D eigenvalue weighted by Crippen LogP contribution is 2.37. The Hall–Kier alpha value is -2.17. The standard InChI is InChI=1S/C30H48N2O8S/c1-17-3-13-23(29(35)36)25(15-17)27(33)31-19-5-9-21(10-6-19)41(39,40)22-11-7-20(8-12-22)32-28(34)26-16-18(2)4-14-24(26)30(37)38/h17-26H,3-16H2,1-2H3,(H,31,33)(H,32,34)(H,35,36)(H,37,38). The first-order chi connectivity index (χ1) is 19.4. The number of carboxylic acids is 2. The van der Waals surface area contributed by atoms with E-state index in [1.807, 2.05) is 13.8 Å². The molecule has 4 aliphatic carbocycles. The summed E-state index contributed by atoms with van der Waals surface area (Å²) in [5.41, 5.74) is 0. The van der Waals surface area contributed by atoms with Crippen LogP contribution in [0.5, 0.6) is 0 Å². The molecule has 2 amide bonds. The van der Waals surface area contributed by atoms with Gasteiger partial charge in [-0.25, -0.2) is 8.42 Å². The summed E-state index contributed by atoms with van der Waals surface area (Å²) in [6.07, 6.45) is 7.91. The number of hydrogen-bond donors (Lipinski definition) is 4. The van der Waals surface area contributed by atoms with Gasteiger partial charge in [0.05, 0.1) is 34.2 Å². The van der Waals surface area contributed by atoms with Gasteiger partial charge in [-0.1, -0.05) is 13.8 Å². The van der Waals surface area contributed by atoms with Crippen LogP contribution in [0.2, 0.25) is 0 Å². The molecule has 0 radical (unpaired) electrons. The summed E-state index contributed by atoms with van der Waals surface area (Å²) in [5, 5.41) is 24.3. The van der Waals surface area contributed by atoms with E-state index in [1.165, 1.54) is 0 Å². The molecule has 4 rings (SSSR count). The Balaban J connectivity index is 1.24. The van der Waals surface area contributed by atoms with Crippen molar-refractivity contribution in [1.82, 2.24) is 10.6 Å². The van der Waals surface area contributed by atoms with E-state index in [0.29, 0.717) is 88.9 Å². The third-order valence-corrected chi connectivity index (χ3v) is 13.3. The number of rotatable bonds is 8. The van der Waals surface area contributed by atoms with Gasteiger partial charge in [0.1, 0.15) is 0 Å². The van der Waals surface area contributed by atoms with Gasteiger partial charge in [0, 0.05) is 12.1 Å². The van der Waals surface area contributed by atoms with Crippen LogP contribution in [0.3, 0.4) is 0 Å². The molecule has 0 bridgehead atoms. The van der Waals surface area contributed by atoms with Crippen LogP contribution in [0.25, 0.3) is 0 Å². The molecule has 4 saturated carbocycles. The van der Waals surface area contributed by atoms with Gasteiger partial charge in [-0.15, -0.1) is 0 Å². The molecule has 6 unspecified atom stereocenters. The lowest BCUT2D eigenvalue weighted by molar-refractivity contribution is -0.150. The molecule has 41 heavy (non-hydrogen) atoms. The molecule has 0 saturated heterocycles. The lowest BCUT2D eigenvalue weighted by Gasteiger charge is -2.37. The van der Waals surface area contributed by atoms with Crippen molar-refractivity contribution in [3.05, 3.63) is 0 Å². The van der Waals surface area contributed by atoms with Crippen molar-refractivity contribution in [2.75, 3.05) is 0 Å². The Kier molecular flexibility index (Phi) is 10.4.